The summed E-state index contributed by atoms with van der Waals surface area (Å²) in [4.78, 5) is 38.8. The molecule has 156 valence electrons. The highest BCUT2D eigenvalue weighted by Gasteiger charge is 2.39. The Hall–Kier alpha value is -4.13. The smallest absolute Gasteiger partial charge is 0.278 e. The maximum Gasteiger partial charge on any atom is 0.278 e. The molecule has 0 fully saturated rings. The average molecular weight is 415 g/mol. The molecule has 3 aromatic rings. The van der Waals surface area contributed by atoms with Crippen molar-refractivity contribution in [1.82, 2.24) is 4.90 Å². The molecule has 0 unspecified atom stereocenters. The molecule has 2 N–H and O–H groups in total. The van der Waals surface area contributed by atoms with E-state index in [1.165, 1.54) is 18.1 Å². The number of nitrogens with zero attached hydrogens (tertiary/aromatic N) is 1. The summed E-state index contributed by atoms with van der Waals surface area (Å²) in [6, 6.07) is 17.8. The Kier molecular flexibility index (Phi) is 5.41. The summed E-state index contributed by atoms with van der Waals surface area (Å²) in [6.07, 6.45) is 1.50. The van der Waals surface area contributed by atoms with Crippen LogP contribution in [-0.4, -0.2) is 22.6 Å². The van der Waals surface area contributed by atoms with Crippen LogP contribution in [0.25, 0.3) is 5.57 Å². The molecule has 2 heterocycles. The molecule has 1 aliphatic rings. The quantitative estimate of drug-likeness (QED) is 0.595. The van der Waals surface area contributed by atoms with Crippen LogP contribution in [-0.2, 0) is 20.9 Å². The Morgan fingerprint density at radius 1 is 0.935 bits per heavy atom. The molecular weight excluding hydrogens is 394 g/mol. The van der Waals surface area contributed by atoms with Crippen LogP contribution in [0.15, 0.2) is 77.0 Å². The molecule has 1 aromatic heterocycles. The van der Waals surface area contributed by atoms with Crippen LogP contribution in [0.5, 0.6) is 0 Å². The number of anilines is 2. The number of aryl methyl sites for hydroxylation is 1. The highest BCUT2D eigenvalue weighted by atomic mass is 16.3. The van der Waals surface area contributed by atoms with Gasteiger partial charge in [0, 0.05) is 18.3 Å². The lowest BCUT2D eigenvalue weighted by Gasteiger charge is -2.13. The molecule has 0 spiro atoms. The highest BCUT2D eigenvalue weighted by molar-refractivity contribution is 6.36. The number of hydrogen-bond acceptors (Lipinski definition) is 5. The predicted octanol–water partition coefficient (Wildman–Crippen LogP) is 3.94. The van der Waals surface area contributed by atoms with Gasteiger partial charge in [0.2, 0.25) is 5.91 Å². The van der Waals surface area contributed by atoms with Crippen LogP contribution in [0.2, 0.25) is 0 Å². The summed E-state index contributed by atoms with van der Waals surface area (Å²) in [5, 5.41) is 5.79. The lowest BCUT2D eigenvalue weighted by atomic mass is 10.0. The Morgan fingerprint density at radius 2 is 1.61 bits per heavy atom. The predicted molar refractivity (Wildman–Crippen MR) is 117 cm³/mol. The Morgan fingerprint density at radius 3 is 2.23 bits per heavy atom. The highest BCUT2D eigenvalue weighted by Crippen LogP contribution is 2.32. The standard InChI is InChI=1S/C24H21N3O4/c1-15-5-7-17(8-6-15)21-22(26-19-11-9-18(10-12-19)25-16(2)28)24(30)27(23(21)29)14-20-4-3-13-31-20/h3-13,26H,14H2,1-2H3,(H,25,28). The first-order valence-electron chi connectivity index (χ1n) is 9.77. The van der Waals surface area contributed by atoms with Crippen molar-refractivity contribution >= 4 is 34.7 Å². The van der Waals surface area contributed by atoms with Crippen molar-refractivity contribution in [2.24, 2.45) is 0 Å². The molecule has 4 rings (SSSR count). The second-order valence-corrected chi connectivity index (χ2v) is 7.28. The van der Waals surface area contributed by atoms with E-state index in [2.05, 4.69) is 10.6 Å². The molecule has 31 heavy (non-hydrogen) atoms. The average Bonchev–Trinajstić information content (AvgIpc) is 3.33. The monoisotopic (exact) mass is 415 g/mol. The van der Waals surface area contributed by atoms with E-state index in [0.29, 0.717) is 28.3 Å². The van der Waals surface area contributed by atoms with Crippen LogP contribution in [0.4, 0.5) is 11.4 Å². The Balaban J connectivity index is 1.68. The molecule has 2 aromatic carbocycles. The normalized spacial score (nSPS) is 13.7. The maximum atomic E-state index is 13.2. The number of imide groups is 1. The summed E-state index contributed by atoms with van der Waals surface area (Å²) in [5.41, 5.74) is 3.48. The molecule has 7 nitrogen and oxygen atoms in total. The molecule has 0 saturated heterocycles. The Labute approximate surface area is 179 Å². The third-order valence-corrected chi connectivity index (χ3v) is 4.88. The summed E-state index contributed by atoms with van der Waals surface area (Å²) in [5.74, 6) is -0.466. The van der Waals surface area contributed by atoms with E-state index in [1.807, 2.05) is 31.2 Å². The van der Waals surface area contributed by atoms with Crippen molar-refractivity contribution in [3.63, 3.8) is 0 Å². The molecule has 7 heteroatoms. The van der Waals surface area contributed by atoms with Crippen molar-refractivity contribution in [3.8, 4) is 0 Å². The first-order chi connectivity index (χ1) is 14.9. The van der Waals surface area contributed by atoms with Gasteiger partial charge in [-0.2, -0.15) is 0 Å². The van der Waals surface area contributed by atoms with E-state index in [9.17, 15) is 14.4 Å². The molecule has 0 bridgehead atoms. The largest absolute Gasteiger partial charge is 0.467 e. The first kappa shape index (κ1) is 20.2. The van der Waals surface area contributed by atoms with Crippen LogP contribution in [0.3, 0.4) is 0 Å². The number of amides is 3. The number of carbonyl (C=O) groups is 3. The summed E-state index contributed by atoms with van der Waals surface area (Å²) < 4.78 is 5.33. The summed E-state index contributed by atoms with van der Waals surface area (Å²) in [7, 11) is 0. The fourth-order valence-corrected chi connectivity index (χ4v) is 3.37. The van der Waals surface area contributed by atoms with Gasteiger partial charge in [-0.15, -0.1) is 0 Å². The number of nitrogens with one attached hydrogen (secondary N) is 2. The topological polar surface area (TPSA) is 91.7 Å². The molecule has 0 saturated carbocycles. The number of benzene rings is 2. The summed E-state index contributed by atoms with van der Waals surface area (Å²) in [6.45, 7) is 3.44. The van der Waals surface area contributed by atoms with Gasteiger partial charge >= 0.3 is 0 Å². The lowest BCUT2D eigenvalue weighted by molar-refractivity contribution is -0.137. The van der Waals surface area contributed by atoms with Crippen molar-refractivity contribution in [3.05, 3.63) is 89.5 Å². The van der Waals surface area contributed by atoms with Crippen LogP contribution < -0.4 is 10.6 Å². The minimum Gasteiger partial charge on any atom is -0.467 e. The van der Waals surface area contributed by atoms with Gasteiger partial charge in [0.15, 0.2) is 0 Å². The number of rotatable bonds is 6. The molecular formula is C24H21N3O4. The van der Waals surface area contributed by atoms with E-state index in [-0.39, 0.29) is 24.1 Å². The van der Waals surface area contributed by atoms with Crippen LogP contribution in [0, 0.1) is 6.92 Å². The van der Waals surface area contributed by atoms with Crippen molar-refractivity contribution in [1.29, 1.82) is 0 Å². The van der Waals surface area contributed by atoms with Crippen molar-refractivity contribution in [2.75, 3.05) is 10.6 Å². The van der Waals surface area contributed by atoms with E-state index < -0.39 is 5.91 Å². The number of furan rings is 1. The fourth-order valence-electron chi connectivity index (χ4n) is 3.37. The molecule has 3 amide bonds. The summed E-state index contributed by atoms with van der Waals surface area (Å²) >= 11 is 0. The van der Waals surface area contributed by atoms with E-state index in [1.54, 1.807) is 36.4 Å². The minimum absolute atomic E-state index is 0.0483. The van der Waals surface area contributed by atoms with Crippen LogP contribution in [0.1, 0.15) is 23.8 Å². The van der Waals surface area contributed by atoms with Crippen molar-refractivity contribution < 1.29 is 18.8 Å². The zero-order valence-electron chi connectivity index (χ0n) is 17.1. The SMILES string of the molecule is CC(=O)Nc1ccc(NC2=C(c3ccc(C)cc3)C(=O)N(Cc3ccco3)C2=O)cc1. The van der Waals surface area contributed by atoms with E-state index >= 15 is 0 Å². The van der Waals surface area contributed by atoms with Gasteiger partial charge in [0.25, 0.3) is 11.8 Å². The van der Waals surface area contributed by atoms with E-state index in [4.69, 9.17) is 4.42 Å². The second-order valence-electron chi connectivity index (χ2n) is 7.28. The third kappa shape index (κ3) is 4.25. The third-order valence-electron chi connectivity index (χ3n) is 4.88. The second kappa shape index (κ2) is 8.31. The molecule has 0 aliphatic carbocycles. The van der Waals surface area contributed by atoms with Gasteiger partial charge in [0.05, 0.1) is 18.4 Å². The first-order valence-corrected chi connectivity index (χ1v) is 9.77. The van der Waals surface area contributed by atoms with Gasteiger partial charge in [-0.05, 0) is 48.9 Å². The zero-order valence-corrected chi connectivity index (χ0v) is 17.1. The zero-order chi connectivity index (χ0) is 22.0. The van der Waals surface area contributed by atoms with E-state index in [0.717, 1.165) is 5.56 Å². The Bertz CT molecular complexity index is 1160. The van der Waals surface area contributed by atoms with Crippen molar-refractivity contribution in [2.45, 2.75) is 20.4 Å². The van der Waals surface area contributed by atoms with Gasteiger partial charge in [-0.1, -0.05) is 29.8 Å². The number of hydrogen-bond donors (Lipinski definition) is 2. The van der Waals surface area contributed by atoms with Gasteiger partial charge in [0.1, 0.15) is 11.5 Å². The molecule has 0 atom stereocenters. The minimum atomic E-state index is -0.428. The fraction of sp³-hybridized carbons (Fsp3) is 0.125. The molecule has 1 aliphatic heterocycles. The molecule has 0 radical (unpaired) electrons. The van der Waals surface area contributed by atoms with Gasteiger partial charge < -0.3 is 15.1 Å². The van der Waals surface area contributed by atoms with Crippen LogP contribution >= 0.6 is 0 Å². The lowest BCUT2D eigenvalue weighted by Crippen LogP contribution is -2.31. The maximum absolute atomic E-state index is 13.2. The van der Waals surface area contributed by atoms with Gasteiger partial charge in [-0.3, -0.25) is 19.3 Å². The number of carbonyl (C=O) groups excluding carboxylic acids is 3. The van der Waals surface area contributed by atoms with Gasteiger partial charge in [-0.25, -0.2) is 0 Å².